The number of carbonyl (C=O) groups excluding carboxylic acids is 2. The van der Waals surface area contributed by atoms with Gasteiger partial charge in [-0.2, -0.15) is 0 Å². The molecule has 0 bridgehead atoms. The minimum Gasteiger partial charge on any atom is -0.461 e. The maximum Gasteiger partial charge on any atom is 0.335 e. The van der Waals surface area contributed by atoms with Crippen LogP contribution in [0.15, 0.2) is 30.3 Å². The van der Waals surface area contributed by atoms with E-state index in [9.17, 15) is 9.59 Å². The lowest BCUT2D eigenvalue weighted by atomic mass is 10.1. The van der Waals surface area contributed by atoms with Crippen molar-refractivity contribution >= 4 is 11.9 Å². The van der Waals surface area contributed by atoms with Crippen LogP contribution in [-0.2, 0) is 30.4 Å². The number of hydrogen-bond acceptors (Lipinski definition) is 5. The Morgan fingerprint density at radius 2 is 1.77 bits per heavy atom. The normalized spacial score (nSPS) is 12.5. The van der Waals surface area contributed by atoms with Crippen LogP contribution in [0.1, 0.15) is 39.2 Å². The van der Waals surface area contributed by atoms with Gasteiger partial charge in [-0.25, -0.2) is 4.79 Å². The number of rotatable bonds is 7. The minimum atomic E-state index is -0.761. The summed E-state index contributed by atoms with van der Waals surface area (Å²) in [5.74, 6) is -0.833. The number of ether oxygens (including phenoxy) is 3. The Balaban J connectivity index is 2.36. The Morgan fingerprint density at radius 3 is 2.32 bits per heavy atom. The van der Waals surface area contributed by atoms with Crippen molar-refractivity contribution in [2.75, 3.05) is 7.11 Å². The molecule has 0 aromatic heterocycles. The zero-order chi connectivity index (χ0) is 16.6. The number of esters is 2. The maximum absolute atomic E-state index is 11.9. The molecule has 0 saturated heterocycles. The molecule has 0 saturated carbocycles. The molecule has 5 nitrogen and oxygen atoms in total. The van der Waals surface area contributed by atoms with Gasteiger partial charge >= 0.3 is 11.9 Å². The molecule has 0 spiro atoms. The molecule has 22 heavy (non-hydrogen) atoms. The topological polar surface area (TPSA) is 61.8 Å². The Labute approximate surface area is 131 Å². The van der Waals surface area contributed by atoms with Gasteiger partial charge in [-0.05, 0) is 32.8 Å². The molecular weight excluding hydrogens is 284 g/mol. The number of benzene rings is 1. The Morgan fingerprint density at radius 1 is 1.14 bits per heavy atom. The molecule has 1 aromatic carbocycles. The number of methoxy groups -OCH3 is 1. The first-order valence-electron chi connectivity index (χ1n) is 7.27. The lowest BCUT2D eigenvalue weighted by Crippen LogP contribution is -2.33. The van der Waals surface area contributed by atoms with Crippen LogP contribution in [0.3, 0.4) is 0 Å². The molecule has 0 fully saturated rings. The van der Waals surface area contributed by atoms with Gasteiger partial charge in [0.25, 0.3) is 0 Å². The van der Waals surface area contributed by atoms with E-state index in [1.807, 2.05) is 30.3 Å². The summed E-state index contributed by atoms with van der Waals surface area (Å²) in [4.78, 5) is 23.6. The van der Waals surface area contributed by atoms with Crippen LogP contribution in [0.5, 0.6) is 0 Å². The Kier molecular flexibility index (Phi) is 7.05. The van der Waals surface area contributed by atoms with Gasteiger partial charge in [0.15, 0.2) is 6.10 Å². The van der Waals surface area contributed by atoms with E-state index < -0.39 is 17.7 Å². The van der Waals surface area contributed by atoms with E-state index in [1.165, 1.54) is 7.11 Å². The van der Waals surface area contributed by atoms with E-state index >= 15 is 0 Å². The van der Waals surface area contributed by atoms with Gasteiger partial charge in [-0.15, -0.1) is 0 Å². The fourth-order valence-electron chi connectivity index (χ4n) is 1.76. The quantitative estimate of drug-likeness (QED) is 0.725. The molecule has 0 aliphatic heterocycles. The fourth-order valence-corrected chi connectivity index (χ4v) is 1.76. The highest BCUT2D eigenvalue weighted by molar-refractivity contribution is 5.76. The first-order chi connectivity index (χ1) is 10.3. The van der Waals surface area contributed by atoms with Crippen molar-refractivity contribution in [3.63, 3.8) is 0 Å². The van der Waals surface area contributed by atoms with Crippen molar-refractivity contribution in [1.82, 2.24) is 0 Å². The van der Waals surface area contributed by atoms with Gasteiger partial charge in [0.2, 0.25) is 0 Å². The van der Waals surface area contributed by atoms with E-state index in [2.05, 4.69) is 0 Å². The summed E-state index contributed by atoms with van der Waals surface area (Å²) in [7, 11) is 1.42. The average molecular weight is 308 g/mol. The standard InChI is InChI=1S/C17H24O5/c1-17(2,3)22-16(19)14(20-4)10-11-15(18)21-12-13-8-6-5-7-9-13/h5-9,14H,10-12H2,1-4H3. The molecule has 1 aromatic rings. The van der Waals surface area contributed by atoms with Gasteiger partial charge in [0.05, 0.1) is 0 Å². The smallest absolute Gasteiger partial charge is 0.335 e. The van der Waals surface area contributed by atoms with Crippen LogP contribution in [0, 0.1) is 0 Å². The van der Waals surface area contributed by atoms with Gasteiger partial charge in [-0.3, -0.25) is 4.79 Å². The second kappa shape index (κ2) is 8.54. The second-order valence-corrected chi connectivity index (χ2v) is 5.94. The summed E-state index contributed by atoms with van der Waals surface area (Å²) >= 11 is 0. The Bertz CT molecular complexity index is 476. The molecule has 5 heteroatoms. The molecule has 0 amide bonds. The highest BCUT2D eigenvalue weighted by Gasteiger charge is 2.25. The first-order valence-corrected chi connectivity index (χ1v) is 7.27. The fraction of sp³-hybridized carbons (Fsp3) is 0.529. The SMILES string of the molecule is COC(CCC(=O)OCc1ccccc1)C(=O)OC(C)(C)C. The third-order valence-electron chi connectivity index (χ3n) is 2.81. The molecule has 0 N–H and O–H groups in total. The third kappa shape index (κ3) is 7.22. The van der Waals surface area contributed by atoms with Crippen molar-refractivity contribution in [3.8, 4) is 0 Å². The van der Waals surface area contributed by atoms with Crippen LogP contribution >= 0.6 is 0 Å². The lowest BCUT2D eigenvalue weighted by Gasteiger charge is -2.23. The van der Waals surface area contributed by atoms with Crippen molar-refractivity contribution in [1.29, 1.82) is 0 Å². The predicted octanol–water partition coefficient (Wildman–Crippen LogP) is 2.87. The lowest BCUT2D eigenvalue weighted by molar-refractivity contribution is -0.167. The van der Waals surface area contributed by atoms with Crippen molar-refractivity contribution in [3.05, 3.63) is 35.9 Å². The van der Waals surface area contributed by atoms with Gasteiger partial charge in [0.1, 0.15) is 12.2 Å². The highest BCUT2D eigenvalue weighted by Crippen LogP contribution is 2.13. The van der Waals surface area contributed by atoms with Gasteiger partial charge in [-0.1, -0.05) is 30.3 Å². The van der Waals surface area contributed by atoms with E-state index in [4.69, 9.17) is 14.2 Å². The zero-order valence-electron chi connectivity index (χ0n) is 13.6. The molecule has 1 rings (SSSR count). The number of hydrogen-bond donors (Lipinski definition) is 0. The molecule has 0 radical (unpaired) electrons. The molecule has 0 heterocycles. The van der Waals surface area contributed by atoms with E-state index in [0.717, 1.165) is 5.56 Å². The summed E-state index contributed by atoms with van der Waals surface area (Å²) in [5.41, 5.74) is 0.341. The number of carbonyl (C=O) groups is 2. The molecular formula is C17H24O5. The third-order valence-corrected chi connectivity index (χ3v) is 2.81. The van der Waals surface area contributed by atoms with Crippen LogP contribution in [0.4, 0.5) is 0 Å². The van der Waals surface area contributed by atoms with Crippen molar-refractivity contribution < 1.29 is 23.8 Å². The summed E-state index contributed by atoms with van der Waals surface area (Å²) in [6, 6.07) is 9.42. The highest BCUT2D eigenvalue weighted by atomic mass is 16.6. The summed E-state index contributed by atoms with van der Waals surface area (Å²) in [6.07, 6.45) is -0.424. The second-order valence-electron chi connectivity index (χ2n) is 5.94. The maximum atomic E-state index is 11.9. The van der Waals surface area contributed by atoms with Gasteiger partial charge < -0.3 is 14.2 Å². The summed E-state index contributed by atoms with van der Waals surface area (Å²) in [6.45, 7) is 5.58. The first kappa shape index (κ1) is 18.2. The van der Waals surface area contributed by atoms with Crippen molar-refractivity contribution in [2.24, 2.45) is 0 Å². The van der Waals surface area contributed by atoms with Crippen LogP contribution in [-0.4, -0.2) is 30.8 Å². The van der Waals surface area contributed by atoms with E-state index in [0.29, 0.717) is 0 Å². The zero-order valence-corrected chi connectivity index (χ0v) is 13.6. The summed E-state index contributed by atoms with van der Waals surface area (Å²) in [5, 5.41) is 0. The molecule has 122 valence electrons. The largest absolute Gasteiger partial charge is 0.461 e. The van der Waals surface area contributed by atoms with Gasteiger partial charge in [0, 0.05) is 13.5 Å². The predicted molar refractivity (Wildman–Crippen MR) is 82.1 cm³/mol. The summed E-state index contributed by atoms with van der Waals surface area (Å²) < 4.78 is 15.5. The molecule has 0 aliphatic rings. The minimum absolute atomic E-state index is 0.102. The monoisotopic (exact) mass is 308 g/mol. The molecule has 1 atom stereocenters. The van der Waals surface area contributed by atoms with Crippen molar-refractivity contribution in [2.45, 2.75) is 51.9 Å². The molecule has 0 aliphatic carbocycles. The van der Waals surface area contributed by atoms with Crippen LogP contribution in [0.25, 0.3) is 0 Å². The molecule has 1 unspecified atom stereocenters. The average Bonchev–Trinajstić information content (AvgIpc) is 2.45. The van der Waals surface area contributed by atoms with Crippen LogP contribution in [0.2, 0.25) is 0 Å². The van der Waals surface area contributed by atoms with Crippen LogP contribution < -0.4 is 0 Å². The van der Waals surface area contributed by atoms with E-state index in [1.54, 1.807) is 20.8 Å². The van der Waals surface area contributed by atoms with E-state index in [-0.39, 0.29) is 25.4 Å². The Hall–Kier alpha value is -1.88.